The highest BCUT2D eigenvalue weighted by Gasteiger charge is 2.35. The zero-order valence-corrected chi connectivity index (χ0v) is 18.1. The van der Waals surface area contributed by atoms with Crippen LogP contribution in [-0.4, -0.2) is 53.7 Å². The van der Waals surface area contributed by atoms with Crippen molar-refractivity contribution in [1.82, 2.24) is 20.4 Å². The van der Waals surface area contributed by atoms with E-state index in [1.807, 2.05) is 11.8 Å². The summed E-state index contributed by atoms with van der Waals surface area (Å²) in [7, 11) is 0. The standard InChI is InChI=1S/C23H28F3N5O/c1-16(18-4-2-3-5-19(18)23(24,25)26)30-12-14-31(15-13-30)21-9-8-20(28-29-21)22(32)27-11-10-17-6-7-17/h2-5,8-9,16-17H,6-7,10-15H2,1H3,(H,27,32). The van der Waals surface area contributed by atoms with Gasteiger partial charge in [-0.05, 0) is 43.0 Å². The first kappa shape index (κ1) is 22.5. The summed E-state index contributed by atoms with van der Waals surface area (Å²) in [5.74, 6) is 1.21. The molecule has 2 aliphatic rings. The monoisotopic (exact) mass is 447 g/mol. The van der Waals surface area contributed by atoms with Crippen LogP contribution in [0.5, 0.6) is 0 Å². The maximum atomic E-state index is 13.4. The molecule has 4 rings (SSSR count). The van der Waals surface area contributed by atoms with E-state index in [0.29, 0.717) is 49.8 Å². The van der Waals surface area contributed by atoms with Crippen molar-refractivity contribution in [2.45, 2.75) is 38.4 Å². The Balaban J connectivity index is 1.32. The SMILES string of the molecule is CC(c1ccccc1C(F)(F)F)N1CCN(c2ccc(C(=O)NCCC3CC3)nn2)CC1. The molecule has 0 bridgehead atoms. The van der Waals surface area contributed by atoms with Crippen molar-refractivity contribution in [3.05, 3.63) is 53.2 Å². The highest BCUT2D eigenvalue weighted by molar-refractivity contribution is 5.92. The molecular weight excluding hydrogens is 419 g/mol. The Hall–Kier alpha value is -2.68. The Morgan fingerprint density at radius 3 is 2.44 bits per heavy atom. The topological polar surface area (TPSA) is 61.4 Å². The number of piperazine rings is 1. The van der Waals surface area contributed by atoms with Crippen LogP contribution in [0.4, 0.5) is 19.0 Å². The van der Waals surface area contributed by atoms with Crippen LogP contribution in [0.25, 0.3) is 0 Å². The molecule has 1 aromatic carbocycles. The molecule has 1 N–H and O–H groups in total. The third-order valence-electron chi connectivity index (χ3n) is 6.32. The van der Waals surface area contributed by atoms with Crippen molar-refractivity contribution < 1.29 is 18.0 Å². The largest absolute Gasteiger partial charge is 0.416 e. The molecule has 2 fully saturated rings. The van der Waals surface area contributed by atoms with Gasteiger partial charge in [0.25, 0.3) is 5.91 Å². The lowest BCUT2D eigenvalue weighted by Gasteiger charge is -2.39. The van der Waals surface area contributed by atoms with Crippen LogP contribution < -0.4 is 10.2 Å². The lowest BCUT2D eigenvalue weighted by Crippen LogP contribution is -2.47. The van der Waals surface area contributed by atoms with E-state index in [1.165, 1.54) is 18.9 Å². The van der Waals surface area contributed by atoms with Crippen molar-refractivity contribution >= 4 is 11.7 Å². The number of halogens is 3. The number of nitrogens with one attached hydrogen (secondary N) is 1. The van der Waals surface area contributed by atoms with E-state index in [0.717, 1.165) is 18.4 Å². The predicted molar refractivity (Wildman–Crippen MR) is 115 cm³/mol. The van der Waals surface area contributed by atoms with Crippen molar-refractivity contribution in [3.8, 4) is 0 Å². The summed E-state index contributed by atoms with van der Waals surface area (Å²) in [6.07, 6.45) is -0.849. The Morgan fingerprint density at radius 2 is 1.81 bits per heavy atom. The first-order valence-electron chi connectivity index (χ1n) is 11.1. The van der Waals surface area contributed by atoms with Crippen molar-refractivity contribution in [2.75, 3.05) is 37.6 Å². The average molecular weight is 448 g/mol. The van der Waals surface area contributed by atoms with Crippen LogP contribution in [0.2, 0.25) is 0 Å². The smallest absolute Gasteiger partial charge is 0.353 e. The number of benzene rings is 1. The molecule has 2 heterocycles. The van der Waals surface area contributed by atoms with Crippen molar-refractivity contribution in [3.63, 3.8) is 0 Å². The molecule has 172 valence electrons. The fraction of sp³-hybridized carbons (Fsp3) is 0.522. The summed E-state index contributed by atoms with van der Waals surface area (Å²) in [5, 5.41) is 11.1. The average Bonchev–Trinajstić information content (AvgIpc) is 3.63. The Kier molecular flexibility index (Phi) is 6.64. The van der Waals surface area contributed by atoms with E-state index in [2.05, 4.69) is 20.4 Å². The number of carbonyl (C=O) groups excluding carboxylic acids is 1. The fourth-order valence-electron chi connectivity index (χ4n) is 4.16. The summed E-state index contributed by atoms with van der Waals surface area (Å²) in [5.41, 5.74) is 0.0117. The minimum absolute atomic E-state index is 0.216. The summed E-state index contributed by atoms with van der Waals surface area (Å²) in [4.78, 5) is 16.3. The van der Waals surface area contributed by atoms with E-state index in [1.54, 1.807) is 24.3 Å². The van der Waals surface area contributed by atoms with Gasteiger partial charge < -0.3 is 10.2 Å². The van der Waals surface area contributed by atoms with E-state index < -0.39 is 11.7 Å². The van der Waals surface area contributed by atoms with E-state index in [-0.39, 0.29) is 11.9 Å². The first-order valence-corrected chi connectivity index (χ1v) is 11.1. The van der Waals surface area contributed by atoms with Gasteiger partial charge >= 0.3 is 6.18 Å². The van der Waals surface area contributed by atoms with Gasteiger partial charge in [0.1, 0.15) is 0 Å². The zero-order chi connectivity index (χ0) is 22.7. The van der Waals surface area contributed by atoms with Gasteiger partial charge in [0.15, 0.2) is 11.5 Å². The number of carbonyl (C=O) groups is 1. The number of alkyl halides is 3. The van der Waals surface area contributed by atoms with Gasteiger partial charge in [-0.1, -0.05) is 31.0 Å². The number of amides is 1. The van der Waals surface area contributed by atoms with Crippen LogP contribution in [0.3, 0.4) is 0 Å². The molecule has 1 aliphatic carbocycles. The maximum Gasteiger partial charge on any atom is 0.416 e. The second-order valence-corrected chi connectivity index (χ2v) is 8.55. The second-order valence-electron chi connectivity index (χ2n) is 8.55. The van der Waals surface area contributed by atoms with Crippen LogP contribution >= 0.6 is 0 Å². The third-order valence-corrected chi connectivity index (χ3v) is 6.32. The van der Waals surface area contributed by atoms with Gasteiger partial charge in [0.2, 0.25) is 0 Å². The molecule has 0 radical (unpaired) electrons. The summed E-state index contributed by atoms with van der Waals surface area (Å²) in [6.45, 7) is 4.94. The molecule has 0 spiro atoms. The third kappa shape index (κ3) is 5.38. The number of aromatic nitrogens is 2. The number of anilines is 1. The highest BCUT2D eigenvalue weighted by atomic mass is 19.4. The molecule has 2 aromatic rings. The van der Waals surface area contributed by atoms with Crippen LogP contribution in [0.1, 0.15) is 53.8 Å². The maximum absolute atomic E-state index is 13.4. The number of nitrogens with zero attached hydrogens (tertiary/aromatic N) is 4. The predicted octanol–water partition coefficient (Wildman–Crippen LogP) is 3.91. The van der Waals surface area contributed by atoms with Gasteiger partial charge in [-0.15, -0.1) is 10.2 Å². The van der Waals surface area contributed by atoms with E-state index in [9.17, 15) is 18.0 Å². The molecule has 1 saturated carbocycles. The van der Waals surface area contributed by atoms with E-state index >= 15 is 0 Å². The number of rotatable bonds is 7. The van der Waals surface area contributed by atoms with Crippen molar-refractivity contribution in [2.24, 2.45) is 5.92 Å². The molecule has 1 atom stereocenters. The lowest BCUT2D eigenvalue weighted by atomic mass is 9.99. The van der Waals surface area contributed by atoms with Gasteiger partial charge in [0.05, 0.1) is 5.56 Å². The molecule has 32 heavy (non-hydrogen) atoms. The summed E-state index contributed by atoms with van der Waals surface area (Å²) >= 11 is 0. The molecule has 6 nitrogen and oxygen atoms in total. The molecule has 1 amide bonds. The number of hydrogen-bond donors (Lipinski definition) is 1. The Bertz CT molecular complexity index is 922. The Morgan fingerprint density at radius 1 is 1.09 bits per heavy atom. The van der Waals surface area contributed by atoms with E-state index in [4.69, 9.17) is 0 Å². The zero-order valence-electron chi connectivity index (χ0n) is 18.1. The molecule has 1 aliphatic heterocycles. The highest BCUT2D eigenvalue weighted by Crippen LogP contribution is 2.36. The number of hydrogen-bond acceptors (Lipinski definition) is 5. The normalized spacial score (nSPS) is 18.4. The van der Waals surface area contributed by atoms with Gasteiger partial charge in [0, 0.05) is 38.8 Å². The van der Waals surface area contributed by atoms with Crippen LogP contribution in [0.15, 0.2) is 36.4 Å². The summed E-state index contributed by atoms with van der Waals surface area (Å²) < 4.78 is 40.2. The summed E-state index contributed by atoms with van der Waals surface area (Å²) in [6, 6.07) is 8.87. The molecular formula is C23H28F3N5O. The molecule has 1 unspecified atom stereocenters. The fourth-order valence-corrected chi connectivity index (χ4v) is 4.16. The molecule has 1 aromatic heterocycles. The van der Waals surface area contributed by atoms with Gasteiger partial charge in [-0.2, -0.15) is 13.2 Å². The first-order chi connectivity index (χ1) is 15.3. The quantitative estimate of drug-likeness (QED) is 0.698. The molecule has 1 saturated heterocycles. The minimum atomic E-state index is -4.37. The van der Waals surface area contributed by atoms with Crippen LogP contribution in [-0.2, 0) is 6.18 Å². The Labute approximate surface area is 185 Å². The van der Waals surface area contributed by atoms with Crippen LogP contribution in [0, 0.1) is 5.92 Å². The minimum Gasteiger partial charge on any atom is -0.353 e. The second kappa shape index (κ2) is 9.44. The van der Waals surface area contributed by atoms with Gasteiger partial charge in [-0.25, -0.2) is 0 Å². The van der Waals surface area contributed by atoms with Gasteiger partial charge in [-0.3, -0.25) is 9.69 Å². The molecule has 9 heteroatoms. The van der Waals surface area contributed by atoms with Crippen molar-refractivity contribution in [1.29, 1.82) is 0 Å². The lowest BCUT2D eigenvalue weighted by molar-refractivity contribution is -0.138.